The molecule has 0 amide bonds. The van der Waals surface area contributed by atoms with Gasteiger partial charge in [0.05, 0.1) is 32.6 Å². The SMILES string of the molecule is CCCCCCCCC(C)([N+]1(C2=NCCN2)CCNC1=N)[N+]1(C2=NCCN2)CCNC1=N. The molecule has 10 heteroatoms. The lowest BCUT2D eigenvalue weighted by molar-refractivity contribution is -1.01. The van der Waals surface area contributed by atoms with Gasteiger partial charge < -0.3 is 21.3 Å². The number of hydrogen-bond acceptors (Lipinski definition) is 6. The Labute approximate surface area is 192 Å². The molecule has 10 nitrogen and oxygen atoms in total. The minimum absolute atomic E-state index is 0.340. The zero-order chi connectivity index (χ0) is 22.7. The maximum atomic E-state index is 9.11. The zero-order valence-electron chi connectivity index (χ0n) is 19.9. The van der Waals surface area contributed by atoms with Gasteiger partial charge in [0.2, 0.25) is 0 Å². The van der Waals surface area contributed by atoms with E-state index in [0.29, 0.717) is 20.9 Å². The lowest BCUT2D eigenvalue weighted by Crippen LogP contribution is -2.84. The minimum Gasteiger partial charge on any atom is -0.322 e. The number of quaternary nitrogens is 2. The Balaban J connectivity index is 1.77. The fourth-order valence-electron chi connectivity index (χ4n) is 6.22. The van der Waals surface area contributed by atoms with Gasteiger partial charge in [-0.05, 0) is 6.42 Å². The first-order valence-electron chi connectivity index (χ1n) is 12.5. The fraction of sp³-hybridized carbons (Fsp3) is 0.818. The third kappa shape index (κ3) is 3.39. The summed E-state index contributed by atoms with van der Waals surface area (Å²) in [6.07, 6.45) is 8.22. The van der Waals surface area contributed by atoms with Crippen LogP contribution in [0.5, 0.6) is 0 Å². The maximum absolute atomic E-state index is 9.11. The number of hydrogen-bond donors (Lipinski definition) is 6. The highest BCUT2D eigenvalue weighted by atomic mass is 15.7. The predicted molar refractivity (Wildman–Crippen MR) is 129 cm³/mol. The Morgan fingerprint density at radius 3 is 1.66 bits per heavy atom. The summed E-state index contributed by atoms with van der Waals surface area (Å²) in [4.78, 5) is 9.73. The molecule has 0 aromatic rings. The summed E-state index contributed by atoms with van der Waals surface area (Å²) in [5.41, 5.74) is -0.516. The molecule has 0 aromatic heterocycles. The fourth-order valence-corrected chi connectivity index (χ4v) is 6.22. The molecule has 0 aromatic carbocycles. The molecule has 2 saturated heterocycles. The van der Waals surface area contributed by atoms with Gasteiger partial charge in [-0.1, -0.05) is 39.0 Å². The van der Waals surface area contributed by atoms with Crippen LogP contribution in [0.3, 0.4) is 0 Å². The molecule has 0 bridgehead atoms. The van der Waals surface area contributed by atoms with Crippen molar-refractivity contribution in [3.63, 3.8) is 0 Å². The summed E-state index contributed by atoms with van der Waals surface area (Å²) in [6.45, 7) is 10.6. The van der Waals surface area contributed by atoms with E-state index in [0.717, 1.165) is 77.1 Å². The largest absolute Gasteiger partial charge is 0.322 e. The van der Waals surface area contributed by atoms with Crippen molar-refractivity contribution in [1.82, 2.24) is 21.3 Å². The van der Waals surface area contributed by atoms with E-state index < -0.39 is 5.66 Å². The molecule has 4 aliphatic rings. The van der Waals surface area contributed by atoms with Crippen molar-refractivity contribution < 1.29 is 8.97 Å². The van der Waals surface area contributed by atoms with Gasteiger partial charge in [-0.25, -0.2) is 20.8 Å². The van der Waals surface area contributed by atoms with Gasteiger partial charge in [0.1, 0.15) is 13.1 Å². The summed E-state index contributed by atoms with van der Waals surface area (Å²) < 4.78 is 0.680. The number of unbranched alkanes of at least 4 members (excludes halogenated alkanes) is 5. The van der Waals surface area contributed by atoms with E-state index in [2.05, 4.69) is 35.1 Å². The summed E-state index contributed by atoms with van der Waals surface area (Å²) >= 11 is 0. The van der Waals surface area contributed by atoms with Crippen molar-refractivity contribution in [1.29, 1.82) is 10.8 Å². The maximum Gasteiger partial charge on any atom is 0.310 e. The third-order valence-corrected chi connectivity index (χ3v) is 7.93. The van der Waals surface area contributed by atoms with Gasteiger partial charge >= 0.3 is 23.8 Å². The molecular weight excluding hydrogens is 404 g/mol. The van der Waals surface area contributed by atoms with E-state index in [-0.39, 0.29) is 0 Å². The smallest absolute Gasteiger partial charge is 0.310 e. The Bertz CT molecular complexity index is 736. The first-order valence-corrected chi connectivity index (χ1v) is 12.5. The van der Waals surface area contributed by atoms with Crippen LogP contribution >= 0.6 is 0 Å². The molecule has 0 aliphatic carbocycles. The highest BCUT2D eigenvalue weighted by Gasteiger charge is 2.73. The molecule has 4 heterocycles. The number of nitrogens with one attached hydrogen (secondary N) is 6. The van der Waals surface area contributed by atoms with Crippen LogP contribution in [-0.4, -0.2) is 90.8 Å². The number of rotatable bonds is 9. The van der Waals surface area contributed by atoms with Gasteiger partial charge in [-0.3, -0.25) is 0 Å². The first kappa shape index (κ1) is 23.0. The van der Waals surface area contributed by atoms with Crippen molar-refractivity contribution in [3.8, 4) is 0 Å². The van der Waals surface area contributed by atoms with E-state index in [1.807, 2.05) is 0 Å². The second-order valence-corrected chi connectivity index (χ2v) is 9.62. The summed E-state index contributed by atoms with van der Waals surface area (Å²) in [5.74, 6) is 2.73. The van der Waals surface area contributed by atoms with Crippen LogP contribution in [0.4, 0.5) is 0 Å². The zero-order valence-corrected chi connectivity index (χ0v) is 19.9. The standard InChI is InChI=1S/C22H42N10/c1-3-4-5-6-7-8-9-22(2,31(16-14-25-18(31)23)20-27-10-11-28-20)32(17-15-26-19(32)24)21-29-12-13-30-21/h3-17H2,1-2H3,(H2,23,25)(H2,24,26)(H,27,28)(H,29,30)/q+2. The number of guanidine groups is 4. The average Bonchev–Trinajstić information content (AvgIpc) is 3.58. The van der Waals surface area contributed by atoms with Crippen LogP contribution in [0.25, 0.3) is 0 Å². The molecule has 4 aliphatic heterocycles. The second-order valence-electron chi connectivity index (χ2n) is 9.62. The molecular formula is C22H42N10+2. The molecule has 6 N–H and O–H groups in total. The second kappa shape index (κ2) is 9.35. The topological polar surface area (TPSA) is 121 Å². The van der Waals surface area contributed by atoms with Gasteiger partial charge in [-0.2, -0.15) is 0 Å². The molecule has 2 unspecified atom stereocenters. The summed E-state index contributed by atoms with van der Waals surface area (Å²) in [6, 6.07) is 0. The van der Waals surface area contributed by atoms with E-state index in [9.17, 15) is 0 Å². The van der Waals surface area contributed by atoms with Crippen molar-refractivity contribution >= 4 is 23.8 Å². The van der Waals surface area contributed by atoms with Gasteiger partial charge in [0.25, 0.3) is 5.66 Å². The molecule has 2 fully saturated rings. The Morgan fingerprint density at radius 2 is 1.25 bits per heavy atom. The van der Waals surface area contributed by atoms with Crippen LogP contribution in [0, 0.1) is 10.8 Å². The summed E-state index contributed by atoms with van der Waals surface area (Å²) in [7, 11) is 0. The van der Waals surface area contributed by atoms with Crippen LogP contribution in [-0.2, 0) is 0 Å². The first-order chi connectivity index (χ1) is 15.5. The normalized spacial score (nSPS) is 31.4. The van der Waals surface area contributed by atoms with Gasteiger partial charge in [0, 0.05) is 20.0 Å². The molecule has 2 atom stereocenters. The summed E-state index contributed by atoms with van der Waals surface area (Å²) in [5, 5.41) is 31.9. The highest BCUT2D eigenvalue weighted by Crippen LogP contribution is 2.43. The van der Waals surface area contributed by atoms with Gasteiger partial charge in [0.15, 0.2) is 0 Å². The van der Waals surface area contributed by atoms with Crippen LogP contribution < -0.4 is 21.3 Å². The number of aliphatic imine (C=N–C) groups is 2. The lowest BCUT2D eigenvalue weighted by Gasteiger charge is -2.53. The molecule has 0 spiro atoms. The van der Waals surface area contributed by atoms with Gasteiger partial charge in [-0.15, -0.1) is 8.97 Å². The molecule has 0 radical (unpaired) electrons. The quantitative estimate of drug-likeness (QED) is 0.234. The van der Waals surface area contributed by atoms with E-state index in [4.69, 9.17) is 20.8 Å². The van der Waals surface area contributed by atoms with Crippen LogP contribution in [0.15, 0.2) is 9.98 Å². The molecule has 32 heavy (non-hydrogen) atoms. The van der Waals surface area contributed by atoms with E-state index >= 15 is 0 Å². The molecule has 4 rings (SSSR count). The third-order valence-electron chi connectivity index (χ3n) is 7.93. The Kier molecular flexibility index (Phi) is 6.71. The number of nitrogens with zero attached hydrogens (tertiary/aromatic N) is 4. The average molecular weight is 447 g/mol. The van der Waals surface area contributed by atoms with E-state index in [1.54, 1.807) is 0 Å². The lowest BCUT2D eigenvalue weighted by atomic mass is 9.93. The highest BCUT2D eigenvalue weighted by molar-refractivity contribution is 5.92. The van der Waals surface area contributed by atoms with Crippen molar-refractivity contribution in [2.24, 2.45) is 9.98 Å². The monoisotopic (exact) mass is 446 g/mol. The Hall–Kier alpha value is -2.20. The molecule has 178 valence electrons. The molecule has 0 saturated carbocycles. The van der Waals surface area contributed by atoms with Crippen molar-refractivity contribution in [3.05, 3.63) is 0 Å². The van der Waals surface area contributed by atoms with Crippen molar-refractivity contribution in [2.45, 2.75) is 64.5 Å². The predicted octanol–water partition coefficient (Wildman–Crippen LogP) is 1.08. The van der Waals surface area contributed by atoms with Crippen LogP contribution in [0.1, 0.15) is 58.8 Å². The van der Waals surface area contributed by atoms with E-state index in [1.165, 1.54) is 32.1 Å². The Morgan fingerprint density at radius 1 is 0.750 bits per heavy atom. The van der Waals surface area contributed by atoms with Crippen LogP contribution in [0.2, 0.25) is 0 Å². The van der Waals surface area contributed by atoms with Crippen molar-refractivity contribution in [2.75, 3.05) is 52.4 Å². The minimum atomic E-state index is -0.516.